The van der Waals surface area contributed by atoms with Crippen LogP contribution in [0.25, 0.3) is 0 Å². The molecule has 0 radical (unpaired) electrons. The van der Waals surface area contributed by atoms with Gasteiger partial charge in [0, 0.05) is 38.7 Å². The molecule has 1 aromatic carbocycles. The van der Waals surface area contributed by atoms with Crippen LogP contribution in [-0.4, -0.2) is 62.5 Å². The molecule has 0 aromatic heterocycles. The molecule has 0 bridgehead atoms. The highest BCUT2D eigenvalue weighted by atomic mass is 16.5. The first-order valence-corrected chi connectivity index (χ1v) is 9.69. The van der Waals surface area contributed by atoms with E-state index in [4.69, 9.17) is 14.5 Å². The van der Waals surface area contributed by atoms with Gasteiger partial charge in [-0.2, -0.15) is 0 Å². The topological polar surface area (TPSA) is 46.1 Å². The van der Waals surface area contributed by atoms with Crippen molar-refractivity contribution in [3.8, 4) is 0 Å². The smallest absolute Gasteiger partial charge is 0.194 e. The number of ether oxygens (including phenoxy) is 2. The lowest BCUT2D eigenvalue weighted by molar-refractivity contribution is -0.0817. The Kier molecular flexibility index (Phi) is 5.22. The van der Waals surface area contributed by atoms with E-state index in [1.54, 1.807) is 0 Å². The summed E-state index contributed by atoms with van der Waals surface area (Å²) in [6, 6.07) is 8.73. The van der Waals surface area contributed by atoms with Crippen molar-refractivity contribution in [3.05, 3.63) is 35.4 Å². The van der Waals surface area contributed by atoms with Crippen LogP contribution in [0.1, 0.15) is 36.8 Å². The molecular weight excluding hydrogens is 314 g/mol. The van der Waals surface area contributed by atoms with E-state index in [2.05, 4.69) is 41.4 Å². The Bertz CT molecular complexity index is 613. The molecule has 2 aliphatic heterocycles. The molecule has 1 aromatic rings. The fraction of sp³-hybridized carbons (Fsp3) is 0.650. The summed E-state index contributed by atoms with van der Waals surface area (Å²) in [4.78, 5) is 7.31. The van der Waals surface area contributed by atoms with Crippen molar-refractivity contribution in [2.24, 2.45) is 4.99 Å². The number of nitrogens with one attached hydrogen (secondary N) is 1. The van der Waals surface area contributed by atoms with Crippen molar-refractivity contribution in [1.82, 2.24) is 10.2 Å². The van der Waals surface area contributed by atoms with Crippen LogP contribution in [0.5, 0.6) is 0 Å². The first kappa shape index (κ1) is 16.9. The average molecular weight is 343 g/mol. The molecule has 136 valence electrons. The quantitative estimate of drug-likeness (QED) is 0.672. The number of guanidine groups is 1. The molecule has 5 nitrogen and oxygen atoms in total. The van der Waals surface area contributed by atoms with E-state index >= 15 is 0 Å². The van der Waals surface area contributed by atoms with E-state index in [-0.39, 0.29) is 12.2 Å². The number of aliphatic imine (C=N–C) groups is 1. The van der Waals surface area contributed by atoms with Crippen molar-refractivity contribution in [2.45, 2.75) is 44.3 Å². The molecule has 3 aliphatic rings. The maximum Gasteiger partial charge on any atom is 0.194 e. The minimum Gasteiger partial charge on any atom is -0.375 e. The second kappa shape index (κ2) is 7.75. The number of benzene rings is 1. The summed E-state index contributed by atoms with van der Waals surface area (Å²) in [5.41, 5.74) is 2.96. The van der Waals surface area contributed by atoms with Gasteiger partial charge in [0.25, 0.3) is 0 Å². The molecule has 2 saturated heterocycles. The van der Waals surface area contributed by atoms with Crippen LogP contribution in [0.15, 0.2) is 29.3 Å². The monoisotopic (exact) mass is 343 g/mol. The maximum atomic E-state index is 5.98. The zero-order valence-electron chi connectivity index (χ0n) is 15.1. The molecule has 4 rings (SSSR count). The molecule has 2 fully saturated rings. The van der Waals surface area contributed by atoms with Gasteiger partial charge in [-0.15, -0.1) is 0 Å². The fourth-order valence-corrected chi connectivity index (χ4v) is 4.14. The van der Waals surface area contributed by atoms with Gasteiger partial charge in [-0.25, -0.2) is 0 Å². The van der Waals surface area contributed by atoms with Gasteiger partial charge in [0.15, 0.2) is 5.96 Å². The Morgan fingerprint density at radius 1 is 1.24 bits per heavy atom. The van der Waals surface area contributed by atoms with E-state index in [9.17, 15) is 0 Å². The SMILES string of the molecule is CCNC(=NCC1Cc2ccccc21)N1CCOC(C2CCCO2)C1. The Hall–Kier alpha value is -1.59. The molecule has 3 atom stereocenters. The minimum atomic E-state index is 0.171. The Balaban J connectivity index is 1.40. The molecule has 0 spiro atoms. The van der Waals surface area contributed by atoms with Gasteiger partial charge in [0.1, 0.15) is 6.10 Å². The van der Waals surface area contributed by atoms with Crippen LogP contribution in [0, 0.1) is 0 Å². The van der Waals surface area contributed by atoms with Crippen molar-refractivity contribution in [2.75, 3.05) is 39.4 Å². The lowest BCUT2D eigenvalue weighted by atomic mass is 9.78. The molecule has 25 heavy (non-hydrogen) atoms. The second-order valence-electron chi connectivity index (χ2n) is 7.20. The molecule has 0 amide bonds. The summed E-state index contributed by atoms with van der Waals surface area (Å²) in [6.07, 6.45) is 3.85. The third-order valence-electron chi connectivity index (χ3n) is 5.53. The van der Waals surface area contributed by atoms with Gasteiger partial charge in [-0.1, -0.05) is 24.3 Å². The number of fused-ring (bicyclic) bond motifs is 1. The average Bonchev–Trinajstić information content (AvgIpc) is 3.16. The Labute approximate surface area is 150 Å². The molecule has 0 saturated carbocycles. The summed E-state index contributed by atoms with van der Waals surface area (Å²) in [7, 11) is 0. The molecule has 2 heterocycles. The first-order valence-electron chi connectivity index (χ1n) is 9.69. The number of nitrogens with zero attached hydrogens (tertiary/aromatic N) is 2. The summed E-state index contributed by atoms with van der Waals surface area (Å²) in [5, 5.41) is 3.47. The van der Waals surface area contributed by atoms with E-state index in [0.717, 1.165) is 64.6 Å². The highest BCUT2D eigenvalue weighted by Crippen LogP contribution is 2.34. The summed E-state index contributed by atoms with van der Waals surface area (Å²) in [5.74, 6) is 1.60. The van der Waals surface area contributed by atoms with E-state index in [1.165, 1.54) is 11.1 Å². The van der Waals surface area contributed by atoms with Gasteiger partial charge in [0.2, 0.25) is 0 Å². The zero-order chi connectivity index (χ0) is 17.1. The van der Waals surface area contributed by atoms with E-state index in [1.807, 2.05) is 0 Å². The van der Waals surface area contributed by atoms with Crippen molar-refractivity contribution in [1.29, 1.82) is 0 Å². The van der Waals surface area contributed by atoms with Crippen LogP contribution in [0.2, 0.25) is 0 Å². The van der Waals surface area contributed by atoms with Crippen LogP contribution in [0.3, 0.4) is 0 Å². The maximum absolute atomic E-state index is 5.98. The van der Waals surface area contributed by atoms with Crippen molar-refractivity contribution >= 4 is 5.96 Å². The molecule has 3 unspecified atom stereocenters. The molecule has 1 aliphatic carbocycles. The predicted octanol–water partition coefficient (Wildman–Crippen LogP) is 2.17. The number of morpholine rings is 1. The highest BCUT2D eigenvalue weighted by Gasteiger charge is 2.32. The van der Waals surface area contributed by atoms with Crippen LogP contribution >= 0.6 is 0 Å². The van der Waals surface area contributed by atoms with Gasteiger partial charge < -0.3 is 19.7 Å². The zero-order valence-corrected chi connectivity index (χ0v) is 15.1. The Morgan fingerprint density at radius 3 is 2.92 bits per heavy atom. The van der Waals surface area contributed by atoms with Gasteiger partial charge in [-0.3, -0.25) is 4.99 Å². The van der Waals surface area contributed by atoms with E-state index < -0.39 is 0 Å². The lowest BCUT2D eigenvalue weighted by Crippen LogP contribution is -2.53. The normalized spacial score (nSPS) is 29.2. The highest BCUT2D eigenvalue weighted by molar-refractivity contribution is 5.80. The number of rotatable bonds is 4. The van der Waals surface area contributed by atoms with Crippen LogP contribution in [-0.2, 0) is 15.9 Å². The largest absolute Gasteiger partial charge is 0.375 e. The second-order valence-corrected chi connectivity index (χ2v) is 7.20. The van der Waals surface area contributed by atoms with Crippen molar-refractivity contribution < 1.29 is 9.47 Å². The number of hydrogen-bond donors (Lipinski definition) is 1. The number of hydrogen-bond acceptors (Lipinski definition) is 3. The van der Waals surface area contributed by atoms with Crippen LogP contribution in [0.4, 0.5) is 0 Å². The first-order chi connectivity index (χ1) is 12.3. The Morgan fingerprint density at radius 2 is 2.12 bits per heavy atom. The van der Waals surface area contributed by atoms with Crippen molar-refractivity contribution in [3.63, 3.8) is 0 Å². The summed E-state index contributed by atoms with van der Waals surface area (Å²) >= 11 is 0. The van der Waals surface area contributed by atoms with Crippen LogP contribution < -0.4 is 5.32 Å². The molecule has 5 heteroatoms. The van der Waals surface area contributed by atoms with E-state index in [0.29, 0.717) is 5.92 Å². The predicted molar refractivity (Wildman–Crippen MR) is 99.2 cm³/mol. The third-order valence-corrected chi connectivity index (χ3v) is 5.53. The molecule has 1 N–H and O–H groups in total. The summed E-state index contributed by atoms with van der Waals surface area (Å²) < 4.78 is 11.8. The lowest BCUT2D eigenvalue weighted by Gasteiger charge is -2.37. The minimum absolute atomic E-state index is 0.171. The van der Waals surface area contributed by atoms with Gasteiger partial charge in [0.05, 0.1) is 12.7 Å². The summed E-state index contributed by atoms with van der Waals surface area (Å²) in [6.45, 7) is 7.28. The third kappa shape index (κ3) is 3.67. The van der Waals surface area contributed by atoms with Gasteiger partial charge in [-0.05, 0) is 37.3 Å². The standard InChI is InChI=1S/C20H29N3O2/c1-2-21-20(22-13-16-12-15-6-3-4-7-17(15)16)23-9-11-25-19(14-23)18-8-5-10-24-18/h3-4,6-7,16,18-19H,2,5,8-14H2,1H3,(H,21,22). The van der Waals surface area contributed by atoms with Gasteiger partial charge >= 0.3 is 0 Å². The fourth-order valence-electron chi connectivity index (χ4n) is 4.14. The molecular formula is C20H29N3O2.